The molecule has 0 aliphatic rings. The summed E-state index contributed by atoms with van der Waals surface area (Å²) < 4.78 is 0. The Hall–Kier alpha value is -1.55. The maximum atomic E-state index is 11.8. The number of hydrogen-bond acceptors (Lipinski definition) is 3. The van der Waals surface area contributed by atoms with Crippen molar-refractivity contribution < 1.29 is 9.90 Å². The van der Waals surface area contributed by atoms with Gasteiger partial charge in [-0.05, 0) is 38.9 Å². The second kappa shape index (κ2) is 5.51. The fraction of sp³-hybridized carbons (Fsp3) is 0.417. The van der Waals surface area contributed by atoms with Crippen LogP contribution in [0.4, 0.5) is 0 Å². The van der Waals surface area contributed by atoms with Gasteiger partial charge in [0.1, 0.15) is 5.75 Å². The molecule has 4 N–H and O–H groups in total. The van der Waals surface area contributed by atoms with Crippen molar-refractivity contribution in [3.63, 3.8) is 0 Å². The summed E-state index contributed by atoms with van der Waals surface area (Å²) in [7, 11) is 0. The third-order valence-electron chi connectivity index (χ3n) is 2.53. The Morgan fingerprint density at radius 1 is 1.56 bits per heavy atom. The number of phenolic OH excluding ortho intramolecular Hbond substituents is 1. The van der Waals surface area contributed by atoms with E-state index in [1.54, 1.807) is 25.1 Å². The number of phenols is 1. The van der Waals surface area contributed by atoms with Crippen molar-refractivity contribution in [1.29, 1.82) is 0 Å². The Morgan fingerprint density at radius 3 is 2.88 bits per heavy atom. The molecule has 0 aliphatic carbocycles. The maximum absolute atomic E-state index is 11.8. The van der Waals surface area contributed by atoms with Gasteiger partial charge in [0.15, 0.2) is 0 Å². The quantitative estimate of drug-likeness (QED) is 0.715. The zero-order valence-corrected chi connectivity index (χ0v) is 9.66. The topological polar surface area (TPSA) is 75.3 Å². The van der Waals surface area contributed by atoms with E-state index in [1.807, 2.05) is 6.92 Å². The summed E-state index contributed by atoms with van der Waals surface area (Å²) in [6, 6.07) is 4.96. The first-order chi connectivity index (χ1) is 7.56. The molecule has 1 unspecified atom stereocenters. The fourth-order valence-electron chi connectivity index (χ4n) is 1.49. The number of nitrogens with one attached hydrogen (secondary N) is 1. The van der Waals surface area contributed by atoms with Crippen LogP contribution in [0.25, 0.3) is 0 Å². The number of amides is 1. The van der Waals surface area contributed by atoms with Gasteiger partial charge >= 0.3 is 0 Å². The molecule has 0 heterocycles. The van der Waals surface area contributed by atoms with Gasteiger partial charge in [0.25, 0.3) is 5.91 Å². The van der Waals surface area contributed by atoms with Crippen LogP contribution in [0.1, 0.15) is 29.3 Å². The minimum absolute atomic E-state index is 0.0410. The predicted octanol–water partition coefficient (Wildman–Crippen LogP) is 1.17. The van der Waals surface area contributed by atoms with Gasteiger partial charge < -0.3 is 16.2 Å². The standard InChI is InChI=1S/C12H18N2O2/c1-8(6-7-13)14-12(16)10-4-3-5-11(15)9(10)2/h3-5,8,15H,6-7,13H2,1-2H3,(H,14,16). The Balaban J connectivity index is 2.77. The average Bonchev–Trinajstić information content (AvgIpc) is 2.22. The van der Waals surface area contributed by atoms with Crippen molar-refractivity contribution in [2.24, 2.45) is 5.73 Å². The number of carbonyl (C=O) groups excluding carboxylic acids is 1. The highest BCUT2D eigenvalue weighted by Gasteiger charge is 2.13. The van der Waals surface area contributed by atoms with Crippen molar-refractivity contribution in [2.45, 2.75) is 26.3 Å². The first-order valence-corrected chi connectivity index (χ1v) is 5.35. The van der Waals surface area contributed by atoms with Gasteiger partial charge in [0.2, 0.25) is 0 Å². The SMILES string of the molecule is Cc1c(O)cccc1C(=O)NC(C)CCN. The van der Waals surface area contributed by atoms with Gasteiger partial charge in [-0.1, -0.05) is 6.07 Å². The molecule has 0 radical (unpaired) electrons. The number of rotatable bonds is 4. The van der Waals surface area contributed by atoms with Crippen LogP contribution in [0.2, 0.25) is 0 Å². The molecule has 4 nitrogen and oxygen atoms in total. The first kappa shape index (κ1) is 12.5. The van der Waals surface area contributed by atoms with Gasteiger partial charge in [-0.3, -0.25) is 4.79 Å². The molecule has 0 spiro atoms. The molecule has 88 valence electrons. The number of hydrogen-bond donors (Lipinski definition) is 3. The molecule has 1 amide bonds. The van der Waals surface area contributed by atoms with E-state index in [9.17, 15) is 9.90 Å². The normalized spacial score (nSPS) is 12.2. The van der Waals surface area contributed by atoms with Crippen LogP contribution in [-0.2, 0) is 0 Å². The second-order valence-corrected chi connectivity index (χ2v) is 3.90. The van der Waals surface area contributed by atoms with Gasteiger partial charge in [-0.15, -0.1) is 0 Å². The summed E-state index contributed by atoms with van der Waals surface area (Å²) >= 11 is 0. The Morgan fingerprint density at radius 2 is 2.25 bits per heavy atom. The smallest absolute Gasteiger partial charge is 0.251 e. The molecular weight excluding hydrogens is 204 g/mol. The third-order valence-corrected chi connectivity index (χ3v) is 2.53. The summed E-state index contributed by atoms with van der Waals surface area (Å²) in [6.45, 7) is 4.17. The lowest BCUT2D eigenvalue weighted by atomic mass is 10.1. The third kappa shape index (κ3) is 2.97. The molecule has 0 aromatic heterocycles. The lowest BCUT2D eigenvalue weighted by Crippen LogP contribution is -2.34. The molecule has 0 bridgehead atoms. The van der Waals surface area contributed by atoms with Crippen molar-refractivity contribution in [3.05, 3.63) is 29.3 Å². The van der Waals surface area contributed by atoms with E-state index in [0.29, 0.717) is 17.7 Å². The zero-order chi connectivity index (χ0) is 12.1. The lowest BCUT2D eigenvalue weighted by molar-refractivity contribution is 0.0938. The molecule has 0 saturated heterocycles. The Labute approximate surface area is 95.5 Å². The molecule has 1 aromatic carbocycles. The monoisotopic (exact) mass is 222 g/mol. The molecule has 1 rings (SSSR count). The molecule has 0 aliphatic heterocycles. The first-order valence-electron chi connectivity index (χ1n) is 5.35. The van der Waals surface area contributed by atoms with E-state index < -0.39 is 0 Å². The highest BCUT2D eigenvalue weighted by Crippen LogP contribution is 2.19. The van der Waals surface area contributed by atoms with Crippen LogP contribution in [0.15, 0.2) is 18.2 Å². The molecule has 0 fully saturated rings. The molecule has 0 saturated carbocycles. The minimum atomic E-state index is -0.172. The van der Waals surface area contributed by atoms with Crippen molar-refractivity contribution in [1.82, 2.24) is 5.32 Å². The van der Waals surface area contributed by atoms with Gasteiger partial charge in [0, 0.05) is 17.2 Å². The summed E-state index contributed by atoms with van der Waals surface area (Å²) in [5.41, 5.74) is 6.51. The summed E-state index contributed by atoms with van der Waals surface area (Å²) in [4.78, 5) is 11.8. The maximum Gasteiger partial charge on any atom is 0.251 e. The van der Waals surface area contributed by atoms with E-state index in [0.717, 1.165) is 6.42 Å². The largest absolute Gasteiger partial charge is 0.508 e. The number of benzene rings is 1. The Kier molecular flexibility index (Phi) is 4.31. The summed E-state index contributed by atoms with van der Waals surface area (Å²) in [5.74, 6) is -0.0338. The van der Waals surface area contributed by atoms with E-state index in [1.165, 1.54) is 0 Å². The minimum Gasteiger partial charge on any atom is -0.508 e. The van der Waals surface area contributed by atoms with Crippen LogP contribution in [0.5, 0.6) is 5.75 Å². The molecule has 4 heteroatoms. The van der Waals surface area contributed by atoms with Gasteiger partial charge in [0.05, 0.1) is 0 Å². The van der Waals surface area contributed by atoms with E-state index in [4.69, 9.17) is 5.73 Å². The molecule has 1 aromatic rings. The van der Waals surface area contributed by atoms with Crippen molar-refractivity contribution >= 4 is 5.91 Å². The summed E-state index contributed by atoms with van der Waals surface area (Å²) in [6.07, 6.45) is 0.740. The number of carbonyl (C=O) groups is 1. The highest BCUT2D eigenvalue weighted by molar-refractivity contribution is 5.96. The Bertz CT molecular complexity index is 377. The zero-order valence-electron chi connectivity index (χ0n) is 9.66. The van der Waals surface area contributed by atoms with Gasteiger partial charge in [-0.2, -0.15) is 0 Å². The van der Waals surface area contributed by atoms with Crippen LogP contribution < -0.4 is 11.1 Å². The summed E-state index contributed by atoms with van der Waals surface area (Å²) in [5, 5.41) is 12.3. The average molecular weight is 222 g/mol. The molecule has 1 atom stereocenters. The fourth-order valence-corrected chi connectivity index (χ4v) is 1.49. The number of aromatic hydroxyl groups is 1. The van der Waals surface area contributed by atoms with E-state index >= 15 is 0 Å². The lowest BCUT2D eigenvalue weighted by Gasteiger charge is -2.14. The molecular formula is C12H18N2O2. The van der Waals surface area contributed by atoms with E-state index in [-0.39, 0.29) is 17.7 Å². The number of nitrogens with two attached hydrogens (primary N) is 1. The van der Waals surface area contributed by atoms with Crippen molar-refractivity contribution in [2.75, 3.05) is 6.54 Å². The van der Waals surface area contributed by atoms with Crippen LogP contribution in [-0.4, -0.2) is 23.6 Å². The van der Waals surface area contributed by atoms with Crippen LogP contribution >= 0.6 is 0 Å². The van der Waals surface area contributed by atoms with Crippen LogP contribution in [0.3, 0.4) is 0 Å². The second-order valence-electron chi connectivity index (χ2n) is 3.90. The van der Waals surface area contributed by atoms with Crippen LogP contribution in [0, 0.1) is 6.92 Å². The highest BCUT2D eigenvalue weighted by atomic mass is 16.3. The van der Waals surface area contributed by atoms with Gasteiger partial charge in [-0.25, -0.2) is 0 Å². The molecule has 16 heavy (non-hydrogen) atoms. The predicted molar refractivity (Wildman–Crippen MR) is 63.4 cm³/mol. The van der Waals surface area contributed by atoms with E-state index in [2.05, 4.69) is 5.32 Å². The van der Waals surface area contributed by atoms with Crippen molar-refractivity contribution in [3.8, 4) is 5.75 Å².